The molecule has 1 saturated heterocycles. The molecule has 2 rings (SSSR count). The van der Waals surface area contributed by atoms with Crippen LogP contribution in [0.4, 0.5) is 5.69 Å². The van der Waals surface area contributed by atoms with Crippen LogP contribution in [0.15, 0.2) is 23.1 Å². The topological polar surface area (TPSA) is 60.5 Å². The maximum absolute atomic E-state index is 11.7. The van der Waals surface area contributed by atoms with Gasteiger partial charge in [-0.2, -0.15) is 0 Å². The van der Waals surface area contributed by atoms with E-state index in [-0.39, 0.29) is 11.7 Å². The number of nitrogens with two attached hydrogens (primary N) is 1. The van der Waals surface area contributed by atoms with Gasteiger partial charge in [-0.25, -0.2) is 0 Å². The fourth-order valence-corrected chi connectivity index (χ4v) is 2.52. The zero-order chi connectivity index (χ0) is 13.8. The second-order valence-corrected chi connectivity index (χ2v) is 5.20. The lowest BCUT2D eigenvalue weighted by Gasteiger charge is -2.38. The zero-order valence-electron chi connectivity index (χ0n) is 11.7. The number of aromatic nitrogens is 1. The van der Waals surface area contributed by atoms with E-state index in [2.05, 4.69) is 18.7 Å². The van der Waals surface area contributed by atoms with E-state index in [1.165, 1.54) is 6.07 Å². The molecule has 2 N–H and O–H groups in total. The number of nitrogen functional groups attached to an aromatic ring is 1. The van der Waals surface area contributed by atoms with Crippen LogP contribution in [-0.2, 0) is 11.3 Å². The summed E-state index contributed by atoms with van der Waals surface area (Å²) in [6.07, 6.45) is 3.05. The third-order valence-electron chi connectivity index (χ3n) is 3.69. The van der Waals surface area contributed by atoms with Crippen LogP contribution in [0.1, 0.15) is 20.3 Å². The average molecular weight is 265 g/mol. The summed E-state index contributed by atoms with van der Waals surface area (Å²) in [4.78, 5) is 14.1. The van der Waals surface area contributed by atoms with Crippen molar-refractivity contribution >= 4 is 5.69 Å². The van der Waals surface area contributed by atoms with Crippen LogP contribution < -0.4 is 11.3 Å². The normalized spacial score (nSPS) is 24.5. The largest absolute Gasteiger partial charge is 0.398 e. The molecule has 1 fully saturated rings. The first-order valence-corrected chi connectivity index (χ1v) is 6.91. The number of nitrogens with zero attached hydrogens (tertiary/aromatic N) is 2. The second kappa shape index (κ2) is 6.21. The standard InChI is InChI=1S/C14H23N3O2/c1-3-13-10-19-11(2)8-16(13)6-7-17-9-12(15)4-5-14(17)18/h4-5,9,11,13H,3,6-8,10,15H2,1-2H3. The lowest BCUT2D eigenvalue weighted by atomic mass is 10.1. The Hall–Kier alpha value is -1.33. The van der Waals surface area contributed by atoms with Crippen molar-refractivity contribution < 1.29 is 4.74 Å². The smallest absolute Gasteiger partial charge is 0.250 e. The van der Waals surface area contributed by atoms with Crippen LogP contribution >= 0.6 is 0 Å². The summed E-state index contributed by atoms with van der Waals surface area (Å²) in [6, 6.07) is 3.62. The van der Waals surface area contributed by atoms with Gasteiger partial charge in [-0.15, -0.1) is 0 Å². The maximum atomic E-state index is 11.7. The molecule has 0 spiro atoms. The van der Waals surface area contributed by atoms with Crippen molar-refractivity contribution in [2.75, 3.05) is 25.4 Å². The molecule has 1 aliphatic heterocycles. The second-order valence-electron chi connectivity index (χ2n) is 5.20. The van der Waals surface area contributed by atoms with Gasteiger partial charge in [0.2, 0.25) is 0 Å². The van der Waals surface area contributed by atoms with Crippen LogP contribution in [0, 0.1) is 0 Å². The van der Waals surface area contributed by atoms with Gasteiger partial charge >= 0.3 is 0 Å². The first-order valence-electron chi connectivity index (χ1n) is 6.91. The Bertz CT molecular complexity index is 472. The van der Waals surface area contributed by atoms with Gasteiger partial charge in [0.1, 0.15) is 0 Å². The molecular formula is C14H23N3O2. The van der Waals surface area contributed by atoms with Crippen molar-refractivity contribution in [3.05, 3.63) is 28.7 Å². The molecule has 0 radical (unpaired) electrons. The third-order valence-corrected chi connectivity index (χ3v) is 3.69. The van der Waals surface area contributed by atoms with Gasteiger partial charge in [-0.1, -0.05) is 6.92 Å². The highest BCUT2D eigenvalue weighted by molar-refractivity contribution is 5.33. The predicted molar refractivity (Wildman–Crippen MR) is 76.2 cm³/mol. The minimum absolute atomic E-state index is 0.00329. The van der Waals surface area contributed by atoms with Gasteiger partial charge in [-0.3, -0.25) is 9.69 Å². The molecule has 5 nitrogen and oxygen atoms in total. The van der Waals surface area contributed by atoms with Crippen molar-refractivity contribution in [2.24, 2.45) is 0 Å². The first kappa shape index (κ1) is 14.1. The van der Waals surface area contributed by atoms with Gasteiger partial charge in [0.25, 0.3) is 5.56 Å². The molecule has 19 heavy (non-hydrogen) atoms. The molecule has 106 valence electrons. The molecule has 0 aliphatic carbocycles. The molecule has 2 atom stereocenters. The molecule has 1 aliphatic rings. The Morgan fingerprint density at radius 3 is 2.95 bits per heavy atom. The minimum Gasteiger partial charge on any atom is -0.398 e. The Kier molecular flexibility index (Phi) is 4.61. The Morgan fingerprint density at radius 2 is 2.21 bits per heavy atom. The Morgan fingerprint density at radius 1 is 1.42 bits per heavy atom. The summed E-state index contributed by atoms with van der Waals surface area (Å²) in [5, 5.41) is 0. The Balaban J connectivity index is 2.00. The Labute approximate surface area is 114 Å². The van der Waals surface area contributed by atoms with Crippen LogP contribution in [-0.4, -0.2) is 41.3 Å². The molecule has 0 bridgehead atoms. The van der Waals surface area contributed by atoms with E-state index in [0.29, 0.717) is 18.3 Å². The molecule has 0 amide bonds. The SMILES string of the molecule is CCC1COC(C)CN1CCn1cc(N)ccc1=O. The quantitative estimate of drug-likeness (QED) is 0.880. The molecule has 1 aromatic rings. The van der Waals surface area contributed by atoms with Crippen molar-refractivity contribution in [3.8, 4) is 0 Å². The molecule has 1 aromatic heterocycles. The van der Waals surface area contributed by atoms with Gasteiger partial charge in [0.15, 0.2) is 0 Å². The van der Waals surface area contributed by atoms with E-state index in [9.17, 15) is 4.79 Å². The van der Waals surface area contributed by atoms with Crippen molar-refractivity contribution in [2.45, 2.75) is 39.0 Å². The summed E-state index contributed by atoms with van der Waals surface area (Å²) < 4.78 is 7.36. The first-order chi connectivity index (χ1) is 9.10. The number of ether oxygens (including phenoxy) is 1. The number of hydrogen-bond acceptors (Lipinski definition) is 4. The summed E-state index contributed by atoms with van der Waals surface area (Å²) in [6.45, 7) is 7.50. The van der Waals surface area contributed by atoms with E-state index in [4.69, 9.17) is 10.5 Å². The summed E-state index contributed by atoms with van der Waals surface area (Å²) in [5.74, 6) is 0. The highest BCUT2D eigenvalue weighted by atomic mass is 16.5. The molecule has 2 unspecified atom stereocenters. The lowest BCUT2D eigenvalue weighted by Crippen LogP contribution is -2.49. The monoisotopic (exact) mass is 265 g/mol. The lowest BCUT2D eigenvalue weighted by molar-refractivity contribution is -0.0567. The predicted octanol–water partition coefficient (Wildman–Crippen LogP) is 0.930. The summed E-state index contributed by atoms with van der Waals surface area (Å²) in [5.41, 5.74) is 6.35. The van der Waals surface area contributed by atoms with E-state index >= 15 is 0 Å². The molecule has 0 aromatic carbocycles. The van der Waals surface area contributed by atoms with E-state index in [1.54, 1.807) is 16.8 Å². The zero-order valence-corrected chi connectivity index (χ0v) is 11.7. The maximum Gasteiger partial charge on any atom is 0.250 e. The van der Waals surface area contributed by atoms with Crippen molar-refractivity contribution in [3.63, 3.8) is 0 Å². The molecular weight excluding hydrogens is 242 g/mol. The fourth-order valence-electron chi connectivity index (χ4n) is 2.52. The number of hydrogen-bond donors (Lipinski definition) is 1. The summed E-state index contributed by atoms with van der Waals surface area (Å²) >= 11 is 0. The number of anilines is 1. The van der Waals surface area contributed by atoms with Gasteiger partial charge in [-0.05, 0) is 19.4 Å². The highest BCUT2D eigenvalue weighted by Crippen LogP contribution is 2.14. The average Bonchev–Trinajstić information content (AvgIpc) is 2.40. The van der Waals surface area contributed by atoms with Gasteiger partial charge in [0, 0.05) is 43.6 Å². The molecule has 5 heteroatoms. The highest BCUT2D eigenvalue weighted by Gasteiger charge is 2.24. The number of morpholine rings is 1. The van der Waals surface area contributed by atoms with Crippen molar-refractivity contribution in [1.29, 1.82) is 0 Å². The van der Waals surface area contributed by atoms with Crippen LogP contribution in [0.5, 0.6) is 0 Å². The van der Waals surface area contributed by atoms with E-state index < -0.39 is 0 Å². The fraction of sp³-hybridized carbons (Fsp3) is 0.643. The summed E-state index contributed by atoms with van der Waals surface area (Å²) in [7, 11) is 0. The molecule has 2 heterocycles. The van der Waals surface area contributed by atoms with Crippen LogP contribution in [0.2, 0.25) is 0 Å². The van der Waals surface area contributed by atoms with Gasteiger partial charge < -0.3 is 15.0 Å². The van der Waals surface area contributed by atoms with Crippen molar-refractivity contribution in [1.82, 2.24) is 9.47 Å². The van der Waals surface area contributed by atoms with Crippen LogP contribution in [0.25, 0.3) is 0 Å². The molecule has 0 saturated carbocycles. The third kappa shape index (κ3) is 3.58. The number of pyridine rings is 1. The van der Waals surface area contributed by atoms with Gasteiger partial charge in [0.05, 0.1) is 12.7 Å². The van der Waals surface area contributed by atoms with Crippen LogP contribution in [0.3, 0.4) is 0 Å². The van der Waals surface area contributed by atoms with E-state index in [1.807, 2.05) is 0 Å². The number of rotatable bonds is 4. The minimum atomic E-state index is 0.00329. The van der Waals surface area contributed by atoms with E-state index in [0.717, 1.165) is 26.1 Å².